The Morgan fingerprint density at radius 1 is 1.11 bits per heavy atom. The van der Waals surface area contributed by atoms with Crippen LogP contribution in [0.4, 0.5) is 0 Å². The Morgan fingerprint density at radius 2 is 1.79 bits per heavy atom. The molecule has 0 rings (SSSR count). The molecule has 0 aromatic carbocycles. The van der Waals surface area contributed by atoms with E-state index in [1.54, 1.807) is 7.11 Å². The summed E-state index contributed by atoms with van der Waals surface area (Å²) in [5.41, 5.74) is 0. The van der Waals surface area contributed by atoms with Gasteiger partial charge in [0.15, 0.2) is 0 Å². The number of carbonyl (C=O) groups is 1. The monoisotopic (exact) mass is 272 g/mol. The van der Waals surface area contributed by atoms with Crippen molar-refractivity contribution in [3.05, 3.63) is 0 Å². The molecule has 0 aromatic heterocycles. The van der Waals surface area contributed by atoms with E-state index in [9.17, 15) is 4.79 Å². The smallest absolute Gasteiger partial charge is 0.311 e. The lowest BCUT2D eigenvalue weighted by molar-refractivity contribution is -0.154. The highest BCUT2D eigenvalue weighted by molar-refractivity contribution is 5.72. The molecule has 0 bridgehead atoms. The second-order valence-corrected chi connectivity index (χ2v) is 5.49. The van der Waals surface area contributed by atoms with E-state index in [0.717, 1.165) is 19.3 Å². The summed E-state index contributed by atoms with van der Waals surface area (Å²) in [5.74, 6) is 0.594. The third kappa shape index (κ3) is 7.56. The molecule has 0 radical (unpaired) electrons. The van der Waals surface area contributed by atoms with Gasteiger partial charge in [-0.25, -0.2) is 0 Å². The van der Waals surface area contributed by atoms with Crippen molar-refractivity contribution in [2.24, 2.45) is 17.8 Å². The van der Waals surface area contributed by atoms with Crippen molar-refractivity contribution in [2.45, 2.75) is 59.8 Å². The van der Waals surface area contributed by atoms with E-state index in [0.29, 0.717) is 25.0 Å². The van der Waals surface area contributed by atoms with E-state index in [4.69, 9.17) is 9.47 Å². The predicted molar refractivity (Wildman–Crippen MR) is 79.1 cm³/mol. The van der Waals surface area contributed by atoms with E-state index in [2.05, 4.69) is 27.7 Å². The summed E-state index contributed by atoms with van der Waals surface area (Å²) < 4.78 is 10.7. The molecule has 0 N–H and O–H groups in total. The first-order valence-electron chi connectivity index (χ1n) is 7.76. The molecule has 3 heteroatoms. The van der Waals surface area contributed by atoms with E-state index >= 15 is 0 Å². The molecule has 0 aromatic rings. The fraction of sp³-hybridized carbons (Fsp3) is 0.938. The highest BCUT2D eigenvalue weighted by Gasteiger charge is 2.26. The molecule has 19 heavy (non-hydrogen) atoms. The average molecular weight is 272 g/mol. The van der Waals surface area contributed by atoms with Gasteiger partial charge >= 0.3 is 5.97 Å². The van der Waals surface area contributed by atoms with Crippen molar-refractivity contribution < 1.29 is 14.3 Å². The Hall–Kier alpha value is -0.570. The summed E-state index contributed by atoms with van der Waals surface area (Å²) in [6.07, 6.45) is 5.60. The zero-order chi connectivity index (χ0) is 14.7. The van der Waals surface area contributed by atoms with Crippen molar-refractivity contribution in [2.75, 3.05) is 20.3 Å². The zero-order valence-electron chi connectivity index (χ0n) is 13.4. The van der Waals surface area contributed by atoms with Crippen LogP contribution in [0.1, 0.15) is 59.8 Å². The number of carbonyl (C=O) groups excluding carboxylic acids is 1. The lowest BCUT2D eigenvalue weighted by Crippen LogP contribution is -2.29. The summed E-state index contributed by atoms with van der Waals surface area (Å²) >= 11 is 0. The highest BCUT2D eigenvalue weighted by atomic mass is 16.5. The molecule has 0 fully saturated rings. The molecule has 0 spiro atoms. The van der Waals surface area contributed by atoms with Gasteiger partial charge in [0, 0.05) is 7.11 Å². The number of rotatable bonds is 11. The third-order valence-corrected chi connectivity index (χ3v) is 3.98. The number of esters is 1. The van der Waals surface area contributed by atoms with Crippen LogP contribution in [0, 0.1) is 17.8 Å². The molecule has 0 aliphatic heterocycles. The van der Waals surface area contributed by atoms with Crippen molar-refractivity contribution in [1.29, 1.82) is 0 Å². The maximum atomic E-state index is 12.1. The van der Waals surface area contributed by atoms with Gasteiger partial charge in [0.25, 0.3) is 0 Å². The van der Waals surface area contributed by atoms with Crippen LogP contribution in [-0.2, 0) is 14.3 Å². The van der Waals surface area contributed by atoms with Gasteiger partial charge in [0.2, 0.25) is 0 Å². The Bertz CT molecular complexity index is 228. The number of hydrogen-bond acceptors (Lipinski definition) is 3. The number of ether oxygens (including phenoxy) is 2. The molecule has 0 amide bonds. The minimum absolute atomic E-state index is 0.0915. The van der Waals surface area contributed by atoms with Crippen LogP contribution < -0.4 is 0 Å². The van der Waals surface area contributed by atoms with Crippen LogP contribution >= 0.6 is 0 Å². The van der Waals surface area contributed by atoms with Crippen LogP contribution in [-0.4, -0.2) is 26.3 Å². The molecule has 0 heterocycles. The number of methoxy groups -OCH3 is 1. The first-order chi connectivity index (χ1) is 9.10. The lowest BCUT2D eigenvalue weighted by Gasteiger charge is -2.22. The fourth-order valence-electron chi connectivity index (χ4n) is 2.13. The molecule has 0 aliphatic carbocycles. The molecular formula is C16H32O3. The first-order valence-corrected chi connectivity index (χ1v) is 7.76. The van der Waals surface area contributed by atoms with E-state index in [1.807, 2.05) is 0 Å². The number of hydrogen-bond donors (Lipinski definition) is 0. The molecule has 3 atom stereocenters. The standard InChI is InChI=1S/C16H32O3/c1-6-9-10-14(8-3)11-19-16(17)15(12-18-5)13(4)7-2/h13-15H,6-12H2,1-5H3. The normalized spacial score (nSPS) is 15.8. The van der Waals surface area contributed by atoms with Crippen LogP contribution in [0.5, 0.6) is 0 Å². The van der Waals surface area contributed by atoms with E-state index < -0.39 is 0 Å². The van der Waals surface area contributed by atoms with Gasteiger partial charge in [0.05, 0.1) is 19.1 Å². The average Bonchev–Trinajstić information content (AvgIpc) is 2.43. The van der Waals surface area contributed by atoms with E-state index in [-0.39, 0.29) is 11.9 Å². The minimum atomic E-state index is -0.126. The predicted octanol–water partition coefficient (Wildman–Crippen LogP) is 4.05. The molecule has 0 saturated carbocycles. The molecule has 114 valence electrons. The topological polar surface area (TPSA) is 35.5 Å². The van der Waals surface area contributed by atoms with Gasteiger partial charge in [0.1, 0.15) is 0 Å². The first kappa shape index (κ1) is 18.4. The maximum absolute atomic E-state index is 12.1. The van der Waals surface area contributed by atoms with Crippen LogP contribution in [0.2, 0.25) is 0 Å². The molecule has 0 aliphatic rings. The van der Waals surface area contributed by atoms with Crippen LogP contribution in [0.3, 0.4) is 0 Å². The Kier molecular flexibility index (Phi) is 10.9. The van der Waals surface area contributed by atoms with E-state index in [1.165, 1.54) is 12.8 Å². The van der Waals surface area contributed by atoms with Crippen LogP contribution in [0.25, 0.3) is 0 Å². The largest absolute Gasteiger partial charge is 0.465 e. The SMILES string of the molecule is CCCCC(CC)COC(=O)C(COC)C(C)CC. The van der Waals surface area contributed by atoms with Crippen molar-refractivity contribution in [3.8, 4) is 0 Å². The lowest BCUT2D eigenvalue weighted by atomic mass is 9.92. The van der Waals surface area contributed by atoms with Gasteiger partial charge in [-0.15, -0.1) is 0 Å². The summed E-state index contributed by atoms with van der Waals surface area (Å²) in [4.78, 5) is 12.1. The fourth-order valence-corrected chi connectivity index (χ4v) is 2.13. The second-order valence-electron chi connectivity index (χ2n) is 5.49. The molecular weight excluding hydrogens is 240 g/mol. The minimum Gasteiger partial charge on any atom is -0.465 e. The maximum Gasteiger partial charge on any atom is 0.311 e. The highest BCUT2D eigenvalue weighted by Crippen LogP contribution is 2.19. The summed E-state index contributed by atoms with van der Waals surface area (Å²) in [7, 11) is 1.64. The molecule has 0 saturated heterocycles. The quantitative estimate of drug-likeness (QED) is 0.532. The number of unbranched alkanes of at least 4 members (excludes halogenated alkanes) is 1. The molecule has 3 unspecified atom stereocenters. The van der Waals surface area contributed by atoms with Gasteiger partial charge < -0.3 is 9.47 Å². The Morgan fingerprint density at radius 3 is 2.26 bits per heavy atom. The summed E-state index contributed by atoms with van der Waals surface area (Å²) in [6.45, 7) is 9.55. The summed E-state index contributed by atoms with van der Waals surface area (Å²) in [5, 5.41) is 0. The van der Waals surface area contributed by atoms with Gasteiger partial charge in [-0.2, -0.15) is 0 Å². The zero-order valence-corrected chi connectivity index (χ0v) is 13.4. The molecule has 3 nitrogen and oxygen atoms in total. The Labute approximate surface area is 119 Å². The van der Waals surface area contributed by atoms with Crippen molar-refractivity contribution in [1.82, 2.24) is 0 Å². The van der Waals surface area contributed by atoms with Crippen molar-refractivity contribution in [3.63, 3.8) is 0 Å². The van der Waals surface area contributed by atoms with Gasteiger partial charge in [-0.05, 0) is 18.3 Å². The third-order valence-electron chi connectivity index (χ3n) is 3.98. The Balaban J connectivity index is 4.22. The van der Waals surface area contributed by atoms with Crippen LogP contribution in [0.15, 0.2) is 0 Å². The summed E-state index contributed by atoms with van der Waals surface area (Å²) in [6, 6.07) is 0. The second kappa shape index (κ2) is 11.3. The van der Waals surface area contributed by atoms with Gasteiger partial charge in [-0.1, -0.05) is 53.4 Å². The van der Waals surface area contributed by atoms with Gasteiger partial charge in [-0.3, -0.25) is 4.79 Å². The van der Waals surface area contributed by atoms with Crippen molar-refractivity contribution >= 4 is 5.97 Å².